The number of amides is 1. The topological polar surface area (TPSA) is 68.5 Å². The van der Waals surface area contributed by atoms with E-state index in [0.717, 1.165) is 33.2 Å². The van der Waals surface area contributed by atoms with Crippen LogP contribution in [0.3, 0.4) is 0 Å². The molecule has 6 nitrogen and oxygen atoms in total. The van der Waals surface area contributed by atoms with Crippen LogP contribution in [0.15, 0.2) is 35.7 Å². The van der Waals surface area contributed by atoms with E-state index in [4.69, 9.17) is 4.74 Å². The molecular formula is C18H20N4O2S. The fourth-order valence-electron chi connectivity index (χ4n) is 2.82. The predicted molar refractivity (Wildman–Crippen MR) is 98.4 cm³/mol. The number of ether oxygens (including phenoxy) is 1. The molecule has 0 aliphatic heterocycles. The SMILES string of the molecule is COc1c(C)cnc(CNC(=O)c2nc(SC)n3ccccc23)c1C. The van der Waals surface area contributed by atoms with Crippen LogP contribution in [0.2, 0.25) is 0 Å². The van der Waals surface area contributed by atoms with Gasteiger partial charge in [0.05, 0.1) is 24.9 Å². The van der Waals surface area contributed by atoms with Gasteiger partial charge in [-0.15, -0.1) is 0 Å². The zero-order valence-electron chi connectivity index (χ0n) is 14.7. The largest absolute Gasteiger partial charge is 0.496 e. The zero-order valence-corrected chi connectivity index (χ0v) is 15.5. The summed E-state index contributed by atoms with van der Waals surface area (Å²) in [6, 6.07) is 5.70. The molecule has 1 N–H and O–H groups in total. The van der Waals surface area contributed by atoms with E-state index in [1.54, 1.807) is 13.3 Å². The summed E-state index contributed by atoms with van der Waals surface area (Å²) in [6.07, 6.45) is 5.60. The minimum atomic E-state index is -0.218. The fraction of sp³-hybridized carbons (Fsp3) is 0.278. The van der Waals surface area contributed by atoms with E-state index in [0.29, 0.717) is 12.2 Å². The molecule has 0 fully saturated rings. The number of hydrogen-bond donors (Lipinski definition) is 1. The van der Waals surface area contributed by atoms with E-state index < -0.39 is 0 Å². The molecule has 130 valence electrons. The molecule has 0 unspecified atom stereocenters. The van der Waals surface area contributed by atoms with Gasteiger partial charge < -0.3 is 10.1 Å². The highest BCUT2D eigenvalue weighted by Crippen LogP contribution is 2.24. The number of aryl methyl sites for hydroxylation is 1. The Hall–Kier alpha value is -2.54. The van der Waals surface area contributed by atoms with Crippen molar-refractivity contribution in [3.8, 4) is 5.75 Å². The van der Waals surface area contributed by atoms with Gasteiger partial charge in [-0.2, -0.15) is 0 Å². The van der Waals surface area contributed by atoms with E-state index in [1.807, 2.05) is 48.9 Å². The summed E-state index contributed by atoms with van der Waals surface area (Å²) in [5.41, 5.74) is 3.89. The molecule has 25 heavy (non-hydrogen) atoms. The zero-order chi connectivity index (χ0) is 18.0. The normalized spacial score (nSPS) is 10.9. The molecule has 0 aliphatic carbocycles. The molecule has 0 bridgehead atoms. The number of rotatable bonds is 5. The maximum Gasteiger partial charge on any atom is 0.272 e. The predicted octanol–water partition coefficient (Wildman–Crippen LogP) is 3.01. The lowest BCUT2D eigenvalue weighted by Crippen LogP contribution is -2.24. The van der Waals surface area contributed by atoms with Gasteiger partial charge in [0.25, 0.3) is 5.91 Å². The summed E-state index contributed by atoms with van der Waals surface area (Å²) >= 11 is 1.50. The fourth-order valence-corrected chi connectivity index (χ4v) is 3.36. The minimum absolute atomic E-state index is 0.218. The van der Waals surface area contributed by atoms with Crippen LogP contribution in [0.4, 0.5) is 0 Å². The maximum atomic E-state index is 12.6. The first-order valence-corrected chi connectivity index (χ1v) is 9.07. The first-order chi connectivity index (χ1) is 12.1. The lowest BCUT2D eigenvalue weighted by atomic mass is 10.1. The van der Waals surface area contributed by atoms with E-state index >= 15 is 0 Å². The minimum Gasteiger partial charge on any atom is -0.496 e. The van der Waals surface area contributed by atoms with Crippen LogP contribution in [-0.4, -0.2) is 33.6 Å². The van der Waals surface area contributed by atoms with Crippen molar-refractivity contribution >= 4 is 23.2 Å². The third-order valence-corrected chi connectivity index (χ3v) is 4.73. The Bertz CT molecular complexity index is 936. The number of hydrogen-bond acceptors (Lipinski definition) is 5. The number of imidazole rings is 1. The molecule has 0 saturated carbocycles. The molecule has 0 radical (unpaired) electrons. The molecule has 0 saturated heterocycles. The summed E-state index contributed by atoms with van der Waals surface area (Å²) in [5, 5.41) is 3.70. The van der Waals surface area contributed by atoms with Crippen LogP contribution in [0.25, 0.3) is 5.52 Å². The Labute approximate surface area is 150 Å². The maximum absolute atomic E-state index is 12.6. The van der Waals surface area contributed by atoms with Crippen molar-refractivity contribution in [2.24, 2.45) is 0 Å². The Kier molecular flexibility index (Phi) is 4.94. The number of fused-ring (bicyclic) bond motifs is 1. The number of aromatic nitrogens is 3. The number of nitrogens with one attached hydrogen (secondary N) is 1. The van der Waals surface area contributed by atoms with Crippen molar-refractivity contribution in [3.05, 3.63) is 53.1 Å². The molecule has 0 aliphatic rings. The van der Waals surface area contributed by atoms with Crippen LogP contribution in [0.5, 0.6) is 5.75 Å². The van der Waals surface area contributed by atoms with Gasteiger partial charge in [0.2, 0.25) is 0 Å². The van der Waals surface area contributed by atoms with Crippen LogP contribution in [0, 0.1) is 13.8 Å². The van der Waals surface area contributed by atoms with Crippen LogP contribution < -0.4 is 10.1 Å². The molecule has 3 aromatic rings. The number of methoxy groups -OCH3 is 1. The summed E-state index contributed by atoms with van der Waals surface area (Å²) < 4.78 is 7.33. The van der Waals surface area contributed by atoms with E-state index in [1.165, 1.54) is 11.8 Å². The smallest absolute Gasteiger partial charge is 0.272 e. The molecule has 0 spiro atoms. The van der Waals surface area contributed by atoms with Crippen molar-refractivity contribution in [2.75, 3.05) is 13.4 Å². The Balaban J connectivity index is 1.85. The van der Waals surface area contributed by atoms with Gasteiger partial charge in [-0.25, -0.2) is 4.98 Å². The summed E-state index contributed by atoms with van der Waals surface area (Å²) in [7, 11) is 1.64. The molecule has 3 heterocycles. The van der Waals surface area contributed by atoms with Gasteiger partial charge in [-0.3, -0.25) is 14.2 Å². The van der Waals surface area contributed by atoms with Crippen molar-refractivity contribution in [1.29, 1.82) is 0 Å². The Morgan fingerprint density at radius 1 is 1.36 bits per heavy atom. The van der Waals surface area contributed by atoms with Gasteiger partial charge in [0.15, 0.2) is 10.9 Å². The molecule has 3 aromatic heterocycles. The summed E-state index contributed by atoms with van der Waals surface area (Å²) in [6.45, 7) is 4.21. The second kappa shape index (κ2) is 7.14. The number of carbonyl (C=O) groups is 1. The third kappa shape index (κ3) is 3.19. The van der Waals surface area contributed by atoms with Gasteiger partial charge in [-0.1, -0.05) is 17.8 Å². The molecule has 0 atom stereocenters. The average Bonchev–Trinajstić information content (AvgIpc) is 3.00. The number of nitrogens with zero attached hydrogens (tertiary/aromatic N) is 3. The van der Waals surface area contributed by atoms with E-state index in [-0.39, 0.29) is 5.91 Å². The van der Waals surface area contributed by atoms with Gasteiger partial charge in [-0.05, 0) is 32.2 Å². The van der Waals surface area contributed by atoms with E-state index in [2.05, 4.69) is 15.3 Å². The van der Waals surface area contributed by atoms with Crippen molar-refractivity contribution in [2.45, 2.75) is 25.5 Å². The van der Waals surface area contributed by atoms with Crippen molar-refractivity contribution in [3.63, 3.8) is 0 Å². The monoisotopic (exact) mass is 356 g/mol. The summed E-state index contributed by atoms with van der Waals surface area (Å²) in [5.74, 6) is 0.584. The standard InChI is InChI=1S/C18H20N4O2S/c1-11-9-19-13(12(2)16(11)24-3)10-20-17(23)15-14-7-5-6-8-22(14)18(21-15)25-4/h5-9H,10H2,1-4H3,(H,20,23). The third-order valence-electron chi connectivity index (χ3n) is 4.08. The van der Waals surface area contributed by atoms with Crippen LogP contribution in [0.1, 0.15) is 27.3 Å². The Morgan fingerprint density at radius 2 is 2.16 bits per heavy atom. The molecule has 1 amide bonds. The molecule has 7 heteroatoms. The van der Waals surface area contributed by atoms with Crippen LogP contribution >= 0.6 is 11.8 Å². The first-order valence-electron chi connectivity index (χ1n) is 7.85. The average molecular weight is 356 g/mol. The van der Waals surface area contributed by atoms with E-state index in [9.17, 15) is 4.79 Å². The lowest BCUT2D eigenvalue weighted by molar-refractivity contribution is 0.0947. The van der Waals surface area contributed by atoms with Gasteiger partial charge >= 0.3 is 0 Å². The molecular weight excluding hydrogens is 336 g/mol. The molecule has 3 rings (SSSR count). The van der Waals surface area contributed by atoms with Gasteiger partial charge in [0.1, 0.15) is 5.75 Å². The quantitative estimate of drug-likeness (QED) is 0.712. The summed E-state index contributed by atoms with van der Waals surface area (Å²) in [4.78, 5) is 21.5. The number of pyridine rings is 2. The highest BCUT2D eigenvalue weighted by molar-refractivity contribution is 7.98. The second-order valence-electron chi connectivity index (χ2n) is 5.63. The Morgan fingerprint density at radius 3 is 2.88 bits per heavy atom. The molecule has 0 aromatic carbocycles. The highest BCUT2D eigenvalue weighted by Gasteiger charge is 2.17. The van der Waals surface area contributed by atoms with Crippen LogP contribution in [-0.2, 0) is 6.54 Å². The second-order valence-corrected chi connectivity index (χ2v) is 6.41. The lowest BCUT2D eigenvalue weighted by Gasteiger charge is -2.12. The number of thioether (sulfide) groups is 1. The first kappa shape index (κ1) is 17.3. The van der Waals surface area contributed by atoms with Crippen molar-refractivity contribution < 1.29 is 9.53 Å². The van der Waals surface area contributed by atoms with Gasteiger partial charge in [0, 0.05) is 23.5 Å². The van der Waals surface area contributed by atoms with Crippen molar-refractivity contribution in [1.82, 2.24) is 19.7 Å². The number of carbonyl (C=O) groups excluding carboxylic acids is 1. The highest BCUT2D eigenvalue weighted by atomic mass is 32.2.